The third-order valence-corrected chi connectivity index (χ3v) is 3.59. The predicted octanol–water partition coefficient (Wildman–Crippen LogP) is 3.31. The first-order chi connectivity index (χ1) is 11.1. The van der Waals surface area contributed by atoms with Crippen LogP contribution in [-0.2, 0) is 11.6 Å². The number of nitrogen functional groups attached to an aromatic ring is 1. The minimum Gasteiger partial charge on any atom is -0.383 e. The summed E-state index contributed by atoms with van der Waals surface area (Å²) in [5.74, 6) is -0.0365. The summed E-state index contributed by atoms with van der Waals surface area (Å²) in [5.41, 5.74) is 5.64. The van der Waals surface area contributed by atoms with Gasteiger partial charge in [-0.15, -0.1) is 0 Å². The van der Waals surface area contributed by atoms with Gasteiger partial charge in [0.15, 0.2) is 11.5 Å². The lowest BCUT2D eigenvalue weighted by atomic mass is 9.86. The lowest BCUT2D eigenvalue weighted by Crippen LogP contribution is -2.14. The van der Waals surface area contributed by atoms with Gasteiger partial charge in [-0.05, 0) is 11.0 Å². The molecule has 0 saturated heterocycles. The Hall–Kier alpha value is -2.71. The molecule has 6 nitrogen and oxygen atoms in total. The largest absolute Gasteiger partial charge is 0.435 e. The lowest BCUT2D eigenvalue weighted by molar-refractivity contribution is -0.140. The molecule has 0 atom stereocenters. The van der Waals surface area contributed by atoms with E-state index in [0.717, 1.165) is 11.8 Å². The highest BCUT2D eigenvalue weighted by Gasteiger charge is 2.37. The summed E-state index contributed by atoms with van der Waals surface area (Å²) in [5, 5.41) is 6.04. The summed E-state index contributed by atoms with van der Waals surface area (Å²) >= 11 is 0. The van der Waals surface area contributed by atoms with Crippen LogP contribution < -0.4 is 5.73 Å². The van der Waals surface area contributed by atoms with Gasteiger partial charge in [0.25, 0.3) is 0 Å². The average Bonchev–Trinajstić information content (AvgIpc) is 2.95. The van der Waals surface area contributed by atoms with Crippen LogP contribution in [0.3, 0.4) is 0 Å². The molecule has 0 unspecified atom stereocenters. The van der Waals surface area contributed by atoms with E-state index < -0.39 is 11.9 Å². The van der Waals surface area contributed by atoms with Crippen molar-refractivity contribution in [3.8, 4) is 11.4 Å². The molecule has 3 aromatic rings. The Kier molecular flexibility index (Phi) is 3.47. The molecule has 3 aromatic heterocycles. The van der Waals surface area contributed by atoms with Crippen LogP contribution in [0.5, 0.6) is 0 Å². The maximum Gasteiger partial charge on any atom is 0.435 e. The van der Waals surface area contributed by atoms with Gasteiger partial charge in [-0.1, -0.05) is 20.8 Å². The van der Waals surface area contributed by atoms with Crippen molar-refractivity contribution >= 4 is 16.7 Å². The second-order valence-corrected chi connectivity index (χ2v) is 6.41. The van der Waals surface area contributed by atoms with E-state index in [9.17, 15) is 13.2 Å². The highest BCUT2D eigenvalue weighted by atomic mass is 19.4. The number of aromatic amines is 1. The van der Waals surface area contributed by atoms with Crippen LogP contribution in [0.4, 0.5) is 19.0 Å². The van der Waals surface area contributed by atoms with Crippen LogP contribution in [0, 0.1) is 0 Å². The molecule has 126 valence electrons. The van der Waals surface area contributed by atoms with Crippen molar-refractivity contribution in [1.82, 2.24) is 25.1 Å². The van der Waals surface area contributed by atoms with Gasteiger partial charge >= 0.3 is 6.18 Å². The summed E-state index contributed by atoms with van der Waals surface area (Å²) in [6.07, 6.45) is -0.390. The summed E-state index contributed by atoms with van der Waals surface area (Å²) in [6, 6.07) is 0. The number of pyridine rings is 1. The number of nitrogens with two attached hydrogens (primary N) is 1. The number of anilines is 1. The molecular weight excluding hydrogens is 321 g/mol. The summed E-state index contributed by atoms with van der Waals surface area (Å²) in [7, 11) is 0. The van der Waals surface area contributed by atoms with Gasteiger partial charge in [0.2, 0.25) is 0 Å². The van der Waals surface area contributed by atoms with Gasteiger partial charge in [0.05, 0.1) is 17.3 Å². The first-order valence-electron chi connectivity index (χ1n) is 7.12. The van der Waals surface area contributed by atoms with Gasteiger partial charge < -0.3 is 5.73 Å². The number of H-pyrrole nitrogens is 1. The number of aromatic nitrogens is 5. The highest BCUT2D eigenvalue weighted by Crippen LogP contribution is 2.36. The molecule has 0 aliphatic heterocycles. The lowest BCUT2D eigenvalue weighted by Gasteiger charge is -2.21. The molecule has 0 bridgehead atoms. The Balaban J connectivity index is 2.26. The zero-order chi connectivity index (χ0) is 17.7. The number of alkyl halides is 3. The van der Waals surface area contributed by atoms with Gasteiger partial charge in [0, 0.05) is 17.8 Å². The maximum atomic E-state index is 13.0. The normalized spacial score (nSPS) is 12.8. The Morgan fingerprint density at radius 1 is 1.08 bits per heavy atom. The van der Waals surface area contributed by atoms with E-state index in [2.05, 4.69) is 25.1 Å². The summed E-state index contributed by atoms with van der Waals surface area (Å²) in [4.78, 5) is 12.4. The van der Waals surface area contributed by atoms with E-state index in [0.29, 0.717) is 10.9 Å². The van der Waals surface area contributed by atoms with Gasteiger partial charge in [-0.3, -0.25) is 10.1 Å². The molecule has 0 spiro atoms. The standard InChI is InChI=1S/C15H15F3N6/c1-14(2,3)8-5-20-6-9-10(8)12(19)23-13(22-9)7-4-21-24-11(7)15(16,17)18/h4-6H,1-3H3,(H,21,24)(H2,19,22,23). The van der Waals surface area contributed by atoms with E-state index in [-0.39, 0.29) is 22.6 Å². The molecule has 0 aromatic carbocycles. The van der Waals surface area contributed by atoms with Crippen molar-refractivity contribution in [1.29, 1.82) is 0 Å². The molecule has 0 aliphatic rings. The van der Waals surface area contributed by atoms with Crippen molar-refractivity contribution in [3.05, 3.63) is 29.8 Å². The van der Waals surface area contributed by atoms with E-state index in [1.54, 1.807) is 6.20 Å². The highest BCUT2D eigenvalue weighted by molar-refractivity contribution is 5.92. The molecule has 0 amide bonds. The first kappa shape index (κ1) is 16.2. The molecule has 3 heterocycles. The van der Waals surface area contributed by atoms with Crippen LogP contribution in [0.15, 0.2) is 18.6 Å². The quantitative estimate of drug-likeness (QED) is 0.711. The molecule has 3 rings (SSSR count). The molecule has 0 aliphatic carbocycles. The Bertz CT molecular complexity index is 908. The fourth-order valence-corrected chi connectivity index (χ4v) is 2.48. The van der Waals surface area contributed by atoms with E-state index >= 15 is 0 Å². The van der Waals surface area contributed by atoms with E-state index in [1.165, 1.54) is 6.20 Å². The predicted molar refractivity (Wildman–Crippen MR) is 83.0 cm³/mol. The number of nitrogens with one attached hydrogen (secondary N) is 1. The van der Waals surface area contributed by atoms with Crippen LogP contribution in [0.1, 0.15) is 32.0 Å². The van der Waals surface area contributed by atoms with Crippen molar-refractivity contribution in [2.75, 3.05) is 5.73 Å². The number of halogens is 3. The Morgan fingerprint density at radius 2 is 1.79 bits per heavy atom. The first-order valence-corrected chi connectivity index (χ1v) is 7.12. The van der Waals surface area contributed by atoms with Gasteiger partial charge in [0.1, 0.15) is 5.82 Å². The number of hydrogen-bond acceptors (Lipinski definition) is 5. The Morgan fingerprint density at radius 3 is 2.42 bits per heavy atom. The van der Waals surface area contributed by atoms with Crippen LogP contribution in [-0.4, -0.2) is 25.1 Å². The zero-order valence-electron chi connectivity index (χ0n) is 13.2. The molecule has 0 radical (unpaired) electrons. The van der Waals surface area contributed by atoms with Crippen molar-refractivity contribution in [2.45, 2.75) is 32.4 Å². The molecule has 3 N–H and O–H groups in total. The number of rotatable bonds is 1. The van der Waals surface area contributed by atoms with E-state index in [1.807, 2.05) is 20.8 Å². The van der Waals surface area contributed by atoms with Crippen molar-refractivity contribution < 1.29 is 13.2 Å². The molecule has 24 heavy (non-hydrogen) atoms. The minimum absolute atomic E-state index is 0.108. The second-order valence-electron chi connectivity index (χ2n) is 6.41. The molecule has 9 heteroatoms. The van der Waals surface area contributed by atoms with E-state index in [4.69, 9.17) is 5.73 Å². The molecular formula is C15H15F3N6. The fourth-order valence-electron chi connectivity index (χ4n) is 2.48. The van der Waals surface area contributed by atoms with Crippen molar-refractivity contribution in [3.63, 3.8) is 0 Å². The Labute approximate surface area is 135 Å². The third-order valence-electron chi connectivity index (χ3n) is 3.59. The SMILES string of the molecule is CC(C)(C)c1cncc2nc(-c3c[nH]nc3C(F)(F)F)nc(N)c12. The van der Waals surface area contributed by atoms with Gasteiger partial charge in [-0.25, -0.2) is 9.97 Å². The molecule has 0 saturated carbocycles. The summed E-state index contributed by atoms with van der Waals surface area (Å²) in [6.45, 7) is 5.94. The van der Waals surface area contributed by atoms with Crippen LogP contribution >= 0.6 is 0 Å². The fraction of sp³-hybridized carbons (Fsp3) is 0.333. The van der Waals surface area contributed by atoms with Crippen LogP contribution in [0.2, 0.25) is 0 Å². The van der Waals surface area contributed by atoms with Gasteiger partial charge in [-0.2, -0.15) is 18.3 Å². The minimum atomic E-state index is -4.62. The number of fused-ring (bicyclic) bond motifs is 1. The maximum absolute atomic E-state index is 13.0. The van der Waals surface area contributed by atoms with Crippen molar-refractivity contribution in [2.24, 2.45) is 0 Å². The topological polar surface area (TPSA) is 93.4 Å². The number of hydrogen-bond donors (Lipinski definition) is 2. The molecule has 0 fully saturated rings. The van der Waals surface area contributed by atoms with Crippen LogP contribution in [0.25, 0.3) is 22.3 Å². The smallest absolute Gasteiger partial charge is 0.383 e. The number of nitrogens with zero attached hydrogens (tertiary/aromatic N) is 4. The third kappa shape index (κ3) is 2.66. The zero-order valence-corrected chi connectivity index (χ0v) is 13.2. The monoisotopic (exact) mass is 336 g/mol. The second kappa shape index (κ2) is 5.15. The summed E-state index contributed by atoms with van der Waals surface area (Å²) < 4.78 is 39.1. The average molecular weight is 336 g/mol.